The number of rotatable bonds is 7. The molecule has 0 unspecified atom stereocenters. The molecule has 0 spiro atoms. The Kier molecular flexibility index (Phi) is 5.88. The number of aliphatic hydroxyl groups is 1. The lowest BCUT2D eigenvalue weighted by atomic mass is 10.1. The third-order valence-corrected chi connectivity index (χ3v) is 3.31. The molecule has 0 saturated carbocycles. The SMILES string of the molecule is CCC(=Cc1nc(CO)ccc1OCc1ccccc1)C(=O)O. The van der Waals surface area contributed by atoms with Crippen LogP contribution in [0.15, 0.2) is 48.0 Å². The fraction of sp³-hybridized carbons (Fsp3) is 0.222. The minimum atomic E-state index is -0.988. The molecule has 0 atom stereocenters. The molecule has 0 radical (unpaired) electrons. The van der Waals surface area contributed by atoms with Gasteiger partial charge in [-0.2, -0.15) is 0 Å². The normalized spacial score (nSPS) is 11.3. The Morgan fingerprint density at radius 3 is 2.57 bits per heavy atom. The lowest BCUT2D eigenvalue weighted by Gasteiger charge is -2.10. The molecule has 0 aliphatic rings. The zero-order chi connectivity index (χ0) is 16.7. The van der Waals surface area contributed by atoms with Crippen LogP contribution in [0.1, 0.15) is 30.3 Å². The van der Waals surface area contributed by atoms with Crippen LogP contribution >= 0.6 is 0 Å². The molecule has 120 valence electrons. The number of hydrogen-bond donors (Lipinski definition) is 2. The van der Waals surface area contributed by atoms with Gasteiger partial charge in [0.05, 0.1) is 12.3 Å². The highest BCUT2D eigenvalue weighted by Gasteiger charge is 2.10. The average Bonchev–Trinajstić information content (AvgIpc) is 2.58. The molecule has 0 aliphatic carbocycles. The zero-order valence-electron chi connectivity index (χ0n) is 12.9. The van der Waals surface area contributed by atoms with Gasteiger partial charge in [0, 0.05) is 5.57 Å². The molecule has 1 heterocycles. The number of ether oxygens (including phenoxy) is 1. The van der Waals surface area contributed by atoms with Crippen LogP contribution in [0.2, 0.25) is 0 Å². The largest absolute Gasteiger partial charge is 0.487 e. The van der Waals surface area contributed by atoms with Crippen LogP contribution in [0.25, 0.3) is 6.08 Å². The second-order valence-electron chi connectivity index (χ2n) is 4.95. The second-order valence-corrected chi connectivity index (χ2v) is 4.95. The number of carbonyl (C=O) groups is 1. The van der Waals surface area contributed by atoms with Gasteiger partial charge in [-0.3, -0.25) is 0 Å². The minimum Gasteiger partial charge on any atom is -0.487 e. The van der Waals surface area contributed by atoms with Crippen LogP contribution < -0.4 is 4.74 Å². The van der Waals surface area contributed by atoms with E-state index in [1.807, 2.05) is 30.3 Å². The molecule has 23 heavy (non-hydrogen) atoms. The Hall–Kier alpha value is -2.66. The molecule has 5 heteroatoms. The number of benzene rings is 1. The quantitative estimate of drug-likeness (QED) is 0.768. The number of aromatic nitrogens is 1. The number of aliphatic carboxylic acids is 1. The van der Waals surface area contributed by atoms with Gasteiger partial charge in [0.1, 0.15) is 18.1 Å². The second kappa shape index (κ2) is 8.10. The smallest absolute Gasteiger partial charge is 0.331 e. The molecule has 0 bridgehead atoms. The molecule has 2 rings (SSSR count). The van der Waals surface area contributed by atoms with E-state index in [1.54, 1.807) is 19.1 Å². The van der Waals surface area contributed by atoms with Crippen molar-refractivity contribution in [1.82, 2.24) is 4.98 Å². The standard InChI is InChI=1S/C18H19NO4/c1-2-14(18(21)22)10-16-17(9-8-15(11-20)19-16)23-12-13-6-4-3-5-7-13/h3-10,20H,2,11-12H2,1H3,(H,21,22). The summed E-state index contributed by atoms with van der Waals surface area (Å²) in [5, 5.41) is 18.4. The molecule has 1 aromatic carbocycles. The first kappa shape index (κ1) is 16.7. The van der Waals surface area contributed by atoms with Crippen molar-refractivity contribution < 1.29 is 19.7 Å². The molecular weight excluding hydrogens is 294 g/mol. The van der Waals surface area contributed by atoms with Gasteiger partial charge < -0.3 is 14.9 Å². The Balaban J connectivity index is 2.29. The number of carboxylic acids is 1. The molecule has 0 aliphatic heterocycles. The van der Waals surface area contributed by atoms with Crippen LogP contribution in [0.3, 0.4) is 0 Å². The van der Waals surface area contributed by atoms with Gasteiger partial charge >= 0.3 is 5.97 Å². The van der Waals surface area contributed by atoms with Crippen LogP contribution in [-0.2, 0) is 18.0 Å². The summed E-state index contributed by atoms with van der Waals surface area (Å²) in [5.41, 5.74) is 2.11. The highest BCUT2D eigenvalue weighted by molar-refractivity contribution is 5.92. The number of hydrogen-bond acceptors (Lipinski definition) is 4. The van der Waals surface area contributed by atoms with Crippen molar-refractivity contribution in [2.24, 2.45) is 0 Å². The third kappa shape index (κ3) is 4.66. The molecule has 1 aromatic heterocycles. The van der Waals surface area contributed by atoms with E-state index in [2.05, 4.69) is 4.98 Å². The van der Waals surface area contributed by atoms with Gasteiger partial charge in [-0.25, -0.2) is 9.78 Å². The Morgan fingerprint density at radius 2 is 1.96 bits per heavy atom. The summed E-state index contributed by atoms with van der Waals surface area (Å²) in [5.74, 6) is -0.504. The van der Waals surface area contributed by atoms with Gasteiger partial charge in [-0.05, 0) is 30.2 Å². The average molecular weight is 313 g/mol. The predicted octanol–water partition coefficient (Wildman–Crippen LogP) is 3.03. The molecule has 5 nitrogen and oxygen atoms in total. The van der Waals surface area contributed by atoms with Gasteiger partial charge in [0.2, 0.25) is 0 Å². The molecule has 0 amide bonds. The van der Waals surface area contributed by atoms with Crippen molar-refractivity contribution in [1.29, 1.82) is 0 Å². The lowest BCUT2D eigenvalue weighted by Crippen LogP contribution is -2.03. The lowest BCUT2D eigenvalue weighted by molar-refractivity contribution is -0.132. The summed E-state index contributed by atoms with van der Waals surface area (Å²) in [7, 11) is 0. The van der Waals surface area contributed by atoms with Crippen LogP contribution in [0.4, 0.5) is 0 Å². The van der Waals surface area contributed by atoms with E-state index < -0.39 is 5.97 Å². The third-order valence-electron chi connectivity index (χ3n) is 3.31. The highest BCUT2D eigenvalue weighted by Crippen LogP contribution is 2.22. The summed E-state index contributed by atoms with van der Waals surface area (Å²) in [4.78, 5) is 15.5. The van der Waals surface area contributed by atoms with Gasteiger partial charge in [0.25, 0.3) is 0 Å². The van der Waals surface area contributed by atoms with Gasteiger partial charge in [-0.15, -0.1) is 0 Å². The van der Waals surface area contributed by atoms with Crippen LogP contribution in [0.5, 0.6) is 5.75 Å². The van der Waals surface area contributed by atoms with E-state index >= 15 is 0 Å². The summed E-state index contributed by atoms with van der Waals surface area (Å²) in [6.07, 6.45) is 1.86. The zero-order valence-corrected chi connectivity index (χ0v) is 12.9. The van der Waals surface area contributed by atoms with Crippen molar-refractivity contribution in [3.63, 3.8) is 0 Å². The van der Waals surface area contributed by atoms with E-state index in [0.717, 1.165) is 5.56 Å². The highest BCUT2D eigenvalue weighted by atomic mass is 16.5. The fourth-order valence-corrected chi connectivity index (χ4v) is 2.03. The number of carboxylic acid groups (broad SMARTS) is 1. The summed E-state index contributed by atoms with van der Waals surface area (Å²) < 4.78 is 5.77. The van der Waals surface area contributed by atoms with Crippen molar-refractivity contribution in [2.75, 3.05) is 0 Å². The number of nitrogens with zero attached hydrogens (tertiary/aromatic N) is 1. The minimum absolute atomic E-state index is 0.214. The molecule has 2 aromatic rings. The first-order valence-electron chi connectivity index (χ1n) is 7.35. The number of pyridine rings is 1. The topological polar surface area (TPSA) is 79.7 Å². The summed E-state index contributed by atoms with van der Waals surface area (Å²) in [6, 6.07) is 13.0. The van der Waals surface area contributed by atoms with Crippen molar-refractivity contribution >= 4 is 12.0 Å². The first-order valence-corrected chi connectivity index (χ1v) is 7.35. The molecular formula is C18H19NO4. The van der Waals surface area contributed by atoms with Gasteiger partial charge in [-0.1, -0.05) is 37.3 Å². The Morgan fingerprint density at radius 1 is 1.22 bits per heavy atom. The fourth-order valence-electron chi connectivity index (χ4n) is 2.03. The predicted molar refractivity (Wildman–Crippen MR) is 86.8 cm³/mol. The maximum Gasteiger partial charge on any atom is 0.331 e. The Labute approximate surface area is 134 Å². The van der Waals surface area contributed by atoms with Crippen LogP contribution in [0, 0.1) is 0 Å². The van der Waals surface area contributed by atoms with Crippen molar-refractivity contribution in [3.8, 4) is 5.75 Å². The van der Waals surface area contributed by atoms with E-state index in [4.69, 9.17) is 4.74 Å². The van der Waals surface area contributed by atoms with E-state index in [0.29, 0.717) is 30.2 Å². The molecule has 0 saturated heterocycles. The van der Waals surface area contributed by atoms with Gasteiger partial charge in [0.15, 0.2) is 0 Å². The van der Waals surface area contributed by atoms with E-state index in [1.165, 1.54) is 6.08 Å². The number of aliphatic hydroxyl groups excluding tert-OH is 1. The Bertz CT molecular complexity index is 695. The monoisotopic (exact) mass is 313 g/mol. The summed E-state index contributed by atoms with van der Waals surface area (Å²) in [6.45, 7) is 1.91. The van der Waals surface area contributed by atoms with Crippen LogP contribution in [-0.4, -0.2) is 21.2 Å². The van der Waals surface area contributed by atoms with Crippen molar-refractivity contribution in [3.05, 3.63) is 65.0 Å². The van der Waals surface area contributed by atoms with E-state index in [9.17, 15) is 15.0 Å². The maximum absolute atomic E-state index is 11.2. The van der Waals surface area contributed by atoms with E-state index in [-0.39, 0.29) is 12.2 Å². The first-order chi connectivity index (χ1) is 11.1. The maximum atomic E-state index is 11.2. The van der Waals surface area contributed by atoms with Crippen molar-refractivity contribution in [2.45, 2.75) is 26.6 Å². The molecule has 2 N–H and O–H groups in total. The molecule has 0 fully saturated rings. The summed E-state index contributed by atoms with van der Waals surface area (Å²) >= 11 is 0.